The quantitative estimate of drug-likeness (QED) is 0.828. The molecular weight excluding hydrogens is 276 g/mol. The van der Waals surface area contributed by atoms with Crippen molar-refractivity contribution in [2.75, 3.05) is 14.1 Å². The van der Waals surface area contributed by atoms with Crippen LogP contribution in [0.5, 0.6) is 0 Å². The number of aromatic carboxylic acids is 1. The number of rotatable bonds is 5. The number of nitrogens with zero attached hydrogens (tertiary/aromatic N) is 6. The van der Waals surface area contributed by atoms with Gasteiger partial charge in [0.1, 0.15) is 12.2 Å². The van der Waals surface area contributed by atoms with Gasteiger partial charge in [0.2, 0.25) is 5.91 Å². The molecule has 2 rings (SSSR count). The van der Waals surface area contributed by atoms with Crippen LogP contribution in [-0.4, -0.2) is 60.8 Å². The smallest absolute Gasteiger partial charge is 0.358 e. The SMILES string of the molecule is CCn1cc(-c2c(C(=O)O)nnn2CC(=O)N(C)C)cn1. The van der Waals surface area contributed by atoms with E-state index in [0.29, 0.717) is 12.1 Å². The summed E-state index contributed by atoms with van der Waals surface area (Å²) in [7, 11) is 3.23. The van der Waals surface area contributed by atoms with Gasteiger partial charge in [-0.1, -0.05) is 5.21 Å². The van der Waals surface area contributed by atoms with Crippen molar-refractivity contribution < 1.29 is 14.7 Å². The van der Waals surface area contributed by atoms with Crippen molar-refractivity contribution in [1.82, 2.24) is 29.7 Å². The molecule has 0 aliphatic carbocycles. The van der Waals surface area contributed by atoms with Crippen LogP contribution >= 0.6 is 0 Å². The van der Waals surface area contributed by atoms with Gasteiger partial charge >= 0.3 is 5.97 Å². The van der Waals surface area contributed by atoms with Crippen molar-refractivity contribution in [2.45, 2.75) is 20.0 Å². The van der Waals surface area contributed by atoms with Crippen LogP contribution in [0.25, 0.3) is 11.3 Å². The molecule has 0 bridgehead atoms. The average molecular weight is 292 g/mol. The summed E-state index contributed by atoms with van der Waals surface area (Å²) in [6.07, 6.45) is 3.23. The largest absolute Gasteiger partial charge is 0.476 e. The van der Waals surface area contributed by atoms with Crippen LogP contribution in [0, 0.1) is 0 Å². The summed E-state index contributed by atoms with van der Waals surface area (Å²) in [5.41, 5.74) is 0.639. The van der Waals surface area contributed by atoms with Crippen LogP contribution in [0.15, 0.2) is 12.4 Å². The van der Waals surface area contributed by atoms with E-state index >= 15 is 0 Å². The molecule has 0 radical (unpaired) electrons. The molecule has 0 atom stereocenters. The Hall–Kier alpha value is -2.71. The standard InChI is InChI=1S/C12H16N6O3/c1-4-17-6-8(5-13-17)11-10(12(20)21)14-15-18(11)7-9(19)16(2)3/h5-6H,4,7H2,1-3H3,(H,20,21). The maximum absolute atomic E-state index is 11.8. The van der Waals surface area contributed by atoms with E-state index in [4.69, 9.17) is 0 Å². The number of carbonyl (C=O) groups excluding carboxylic acids is 1. The zero-order chi connectivity index (χ0) is 15.6. The summed E-state index contributed by atoms with van der Waals surface area (Å²) in [6.45, 7) is 2.49. The van der Waals surface area contributed by atoms with Crippen molar-refractivity contribution in [2.24, 2.45) is 0 Å². The molecule has 0 saturated carbocycles. The van der Waals surface area contributed by atoms with Crippen LogP contribution in [0.2, 0.25) is 0 Å². The molecule has 1 amide bonds. The van der Waals surface area contributed by atoms with Crippen LogP contribution in [0.1, 0.15) is 17.4 Å². The Morgan fingerprint density at radius 2 is 2.10 bits per heavy atom. The third-order valence-electron chi connectivity index (χ3n) is 2.95. The van der Waals surface area contributed by atoms with Gasteiger partial charge in [-0.05, 0) is 6.92 Å². The van der Waals surface area contributed by atoms with Gasteiger partial charge < -0.3 is 10.0 Å². The van der Waals surface area contributed by atoms with E-state index < -0.39 is 5.97 Å². The number of carboxylic acids is 1. The lowest BCUT2D eigenvalue weighted by Crippen LogP contribution is -2.27. The fraction of sp³-hybridized carbons (Fsp3) is 0.417. The zero-order valence-electron chi connectivity index (χ0n) is 12.0. The Bertz CT molecular complexity index is 672. The van der Waals surface area contributed by atoms with Crippen LogP contribution in [-0.2, 0) is 17.9 Å². The third kappa shape index (κ3) is 2.91. The maximum atomic E-state index is 11.8. The summed E-state index contributed by atoms with van der Waals surface area (Å²) in [4.78, 5) is 24.5. The van der Waals surface area contributed by atoms with Crippen molar-refractivity contribution in [1.29, 1.82) is 0 Å². The second-order valence-corrected chi connectivity index (χ2v) is 4.62. The van der Waals surface area contributed by atoms with E-state index in [1.54, 1.807) is 25.0 Å². The van der Waals surface area contributed by atoms with Crippen LogP contribution in [0.3, 0.4) is 0 Å². The van der Waals surface area contributed by atoms with Gasteiger partial charge in [0.05, 0.1) is 6.20 Å². The third-order valence-corrected chi connectivity index (χ3v) is 2.95. The maximum Gasteiger partial charge on any atom is 0.358 e. The van der Waals surface area contributed by atoms with Crippen LogP contribution in [0.4, 0.5) is 0 Å². The highest BCUT2D eigenvalue weighted by molar-refractivity contribution is 5.92. The van der Waals surface area contributed by atoms with E-state index in [2.05, 4.69) is 15.4 Å². The molecule has 112 valence electrons. The first kappa shape index (κ1) is 14.7. The Labute approximate surface area is 120 Å². The summed E-state index contributed by atoms with van der Waals surface area (Å²) in [6, 6.07) is 0. The summed E-state index contributed by atoms with van der Waals surface area (Å²) in [5.74, 6) is -1.40. The number of aromatic nitrogens is 5. The summed E-state index contributed by atoms with van der Waals surface area (Å²) in [5, 5.41) is 20.7. The first-order chi connectivity index (χ1) is 9.93. The number of aryl methyl sites for hydroxylation is 1. The van der Waals surface area contributed by atoms with Gasteiger partial charge in [-0.15, -0.1) is 5.10 Å². The fourth-order valence-electron chi connectivity index (χ4n) is 1.78. The Balaban J connectivity index is 2.47. The molecule has 2 aromatic heterocycles. The second kappa shape index (κ2) is 5.73. The van der Waals surface area contributed by atoms with Crippen molar-refractivity contribution >= 4 is 11.9 Å². The summed E-state index contributed by atoms with van der Waals surface area (Å²) < 4.78 is 2.94. The number of amides is 1. The van der Waals surface area contributed by atoms with E-state index in [1.165, 1.54) is 15.8 Å². The van der Waals surface area contributed by atoms with Gasteiger partial charge in [0.15, 0.2) is 5.69 Å². The number of carbonyl (C=O) groups is 2. The predicted molar refractivity (Wildman–Crippen MR) is 72.6 cm³/mol. The fourth-order valence-corrected chi connectivity index (χ4v) is 1.78. The van der Waals surface area contributed by atoms with E-state index in [-0.39, 0.29) is 23.8 Å². The minimum absolute atomic E-state index is 0.0834. The Kier molecular flexibility index (Phi) is 4.01. The highest BCUT2D eigenvalue weighted by atomic mass is 16.4. The van der Waals surface area contributed by atoms with E-state index in [9.17, 15) is 14.7 Å². The number of hydrogen-bond acceptors (Lipinski definition) is 5. The van der Waals surface area contributed by atoms with Gasteiger partial charge in [-0.25, -0.2) is 9.48 Å². The number of likely N-dealkylation sites (N-methyl/N-ethyl adjacent to an activating group) is 1. The highest BCUT2D eigenvalue weighted by Gasteiger charge is 2.23. The Morgan fingerprint density at radius 3 is 2.62 bits per heavy atom. The van der Waals surface area contributed by atoms with Crippen molar-refractivity contribution in [3.05, 3.63) is 18.1 Å². The van der Waals surface area contributed by atoms with Crippen LogP contribution < -0.4 is 0 Å². The zero-order valence-corrected chi connectivity index (χ0v) is 12.0. The monoisotopic (exact) mass is 292 g/mol. The lowest BCUT2D eigenvalue weighted by atomic mass is 10.2. The normalized spacial score (nSPS) is 10.6. The molecule has 0 saturated heterocycles. The van der Waals surface area contributed by atoms with E-state index in [1.807, 2.05) is 6.92 Å². The molecule has 9 heteroatoms. The topological polar surface area (TPSA) is 106 Å². The molecule has 0 unspecified atom stereocenters. The summed E-state index contributed by atoms with van der Waals surface area (Å²) >= 11 is 0. The second-order valence-electron chi connectivity index (χ2n) is 4.62. The lowest BCUT2D eigenvalue weighted by Gasteiger charge is -2.11. The minimum Gasteiger partial charge on any atom is -0.476 e. The molecule has 0 fully saturated rings. The molecule has 0 aliphatic rings. The first-order valence-electron chi connectivity index (χ1n) is 6.33. The molecular formula is C12H16N6O3. The van der Waals surface area contributed by atoms with Gasteiger partial charge in [0, 0.05) is 32.4 Å². The van der Waals surface area contributed by atoms with Gasteiger partial charge in [-0.3, -0.25) is 9.48 Å². The molecule has 2 aromatic rings. The molecule has 1 N–H and O–H groups in total. The molecule has 21 heavy (non-hydrogen) atoms. The van der Waals surface area contributed by atoms with Gasteiger partial charge in [0.25, 0.3) is 0 Å². The van der Waals surface area contributed by atoms with E-state index in [0.717, 1.165) is 0 Å². The van der Waals surface area contributed by atoms with Crippen molar-refractivity contribution in [3.63, 3.8) is 0 Å². The highest BCUT2D eigenvalue weighted by Crippen LogP contribution is 2.22. The molecule has 0 aromatic carbocycles. The lowest BCUT2D eigenvalue weighted by molar-refractivity contribution is -0.129. The molecule has 9 nitrogen and oxygen atoms in total. The first-order valence-corrected chi connectivity index (χ1v) is 6.33. The molecule has 2 heterocycles. The number of carboxylic acid groups (broad SMARTS) is 1. The average Bonchev–Trinajstić information content (AvgIpc) is 3.03. The molecule has 0 aliphatic heterocycles. The minimum atomic E-state index is -1.20. The predicted octanol–water partition coefficient (Wildman–Crippen LogP) is -0.0521. The van der Waals surface area contributed by atoms with Gasteiger partial charge in [-0.2, -0.15) is 5.10 Å². The number of hydrogen-bond donors (Lipinski definition) is 1. The molecule has 0 spiro atoms. The van der Waals surface area contributed by atoms with Crippen molar-refractivity contribution in [3.8, 4) is 11.3 Å². The Morgan fingerprint density at radius 1 is 1.38 bits per heavy atom.